The van der Waals surface area contributed by atoms with Crippen LogP contribution >= 0.6 is 15.9 Å². The van der Waals surface area contributed by atoms with Crippen LogP contribution in [0.2, 0.25) is 0 Å². The molecule has 4 rings (SSSR count). The van der Waals surface area contributed by atoms with E-state index in [1.807, 2.05) is 24.3 Å². The summed E-state index contributed by atoms with van der Waals surface area (Å²) in [7, 11) is 0. The Morgan fingerprint density at radius 1 is 1.23 bits per heavy atom. The van der Waals surface area contributed by atoms with Crippen LogP contribution in [-0.4, -0.2) is 17.0 Å². The molecule has 0 saturated heterocycles. The minimum atomic E-state index is -0.974. The maximum absolute atomic E-state index is 12.5. The third-order valence-corrected chi connectivity index (χ3v) is 5.16. The van der Waals surface area contributed by atoms with Gasteiger partial charge >= 0.3 is 5.97 Å². The number of benzene rings is 2. The summed E-state index contributed by atoms with van der Waals surface area (Å²) in [4.78, 5) is 23.7. The zero-order valence-electron chi connectivity index (χ0n) is 11.5. The Labute approximate surface area is 135 Å². The Morgan fingerprint density at radius 2 is 1.95 bits per heavy atom. The Balaban J connectivity index is 1.79. The summed E-state index contributed by atoms with van der Waals surface area (Å²) in [5.41, 5.74) is 2.26. The molecule has 0 unspecified atom stereocenters. The van der Waals surface area contributed by atoms with Crippen LogP contribution in [0, 0.1) is 0 Å². The van der Waals surface area contributed by atoms with Crippen molar-refractivity contribution in [3.63, 3.8) is 0 Å². The minimum Gasteiger partial charge on any atom is -0.478 e. The monoisotopic (exact) mass is 357 g/mol. The normalized spacial score (nSPS) is 25.0. The Morgan fingerprint density at radius 3 is 2.64 bits per heavy atom. The van der Waals surface area contributed by atoms with Crippen molar-refractivity contribution in [1.82, 2.24) is 0 Å². The number of amides is 1. The van der Waals surface area contributed by atoms with Gasteiger partial charge in [0.15, 0.2) is 0 Å². The number of fused-ring (bicyclic) bond motifs is 2. The molecule has 2 atom stereocenters. The summed E-state index contributed by atoms with van der Waals surface area (Å²) in [6.45, 7) is 0. The molecule has 5 heteroatoms. The molecule has 110 valence electrons. The molecule has 1 spiro atoms. The zero-order chi connectivity index (χ0) is 15.5. The molecule has 22 heavy (non-hydrogen) atoms. The van der Waals surface area contributed by atoms with Crippen LogP contribution < -0.4 is 5.32 Å². The van der Waals surface area contributed by atoms with Crippen LogP contribution in [0.4, 0.5) is 5.69 Å². The van der Waals surface area contributed by atoms with E-state index < -0.39 is 11.4 Å². The smallest absolute Gasteiger partial charge is 0.335 e. The third kappa shape index (κ3) is 1.75. The summed E-state index contributed by atoms with van der Waals surface area (Å²) < 4.78 is 0.996. The van der Waals surface area contributed by atoms with Crippen molar-refractivity contribution in [2.45, 2.75) is 17.8 Å². The van der Waals surface area contributed by atoms with Gasteiger partial charge in [0.2, 0.25) is 5.91 Å². The second kappa shape index (κ2) is 4.43. The van der Waals surface area contributed by atoms with Crippen LogP contribution in [0.5, 0.6) is 0 Å². The molecule has 1 aliphatic carbocycles. The molecular weight excluding hydrogens is 346 g/mol. The first kappa shape index (κ1) is 13.5. The summed E-state index contributed by atoms with van der Waals surface area (Å²) in [6.07, 6.45) is 0.719. The average molecular weight is 358 g/mol. The van der Waals surface area contributed by atoms with E-state index in [4.69, 9.17) is 0 Å². The number of anilines is 1. The van der Waals surface area contributed by atoms with Gasteiger partial charge in [-0.1, -0.05) is 28.1 Å². The van der Waals surface area contributed by atoms with Gasteiger partial charge in [0.25, 0.3) is 0 Å². The second-order valence-electron chi connectivity index (χ2n) is 5.80. The predicted molar refractivity (Wildman–Crippen MR) is 85.2 cm³/mol. The number of carboxylic acids is 1. The first-order valence-corrected chi connectivity index (χ1v) is 7.76. The quantitative estimate of drug-likeness (QED) is 0.863. The van der Waals surface area contributed by atoms with Gasteiger partial charge in [0.05, 0.1) is 11.0 Å². The van der Waals surface area contributed by atoms with Gasteiger partial charge in [-0.2, -0.15) is 0 Å². The lowest BCUT2D eigenvalue weighted by molar-refractivity contribution is -0.118. The lowest BCUT2D eigenvalue weighted by atomic mass is 9.91. The maximum atomic E-state index is 12.5. The number of carboxylic acid groups (broad SMARTS) is 1. The number of rotatable bonds is 2. The van der Waals surface area contributed by atoms with E-state index in [1.165, 1.54) is 6.07 Å². The number of carbonyl (C=O) groups excluding carboxylic acids is 1. The van der Waals surface area contributed by atoms with Gasteiger partial charge in [-0.05, 0) is 47.9 Å². The van der Waals surface area contributed by atoms with E-state index in [2.05, 4.69) is 21.2 Å². The summed E-state index contributed by atoms with van der Waals surface area (Å²) in [5, 5.41) is 12.1. The summed E-state index contributed by atoms with van der Waals surface area (Å²) in [6, 6.07) is 12.8. The Hall–Kier alpha value is -2.14. The molecule has 0 radical (unpaired) electrons. The van der Waals surface area contributed by atoms with E-state index in [-0.39, 0.29) is 17.4 Å². The summed E-state index contributed by atoms with van der Waals surface area (Å²) >= 11 is 3.41. The second-order valence-corrected chi connectivity index (χ2v) is 6.71. The van der Waals surface area contributed by atoms with Crippen molar-refractivity contribution in [2.75, 3.05) is 5.32 Å². The molecule has 2 N–H and O–H groups in total. The Kier molecular flexibility index (Phi) is 2.72. The number of carbonyl (C=O) groups is 2. The van der Waals surface area contributed by atoms with Crippen molar-refractivity contribution < 1.29 is 14.7 Å². The highest BCUT2D eigenvalue weighted by atomic mass is 79.9. The van der Waals surface area contributed by atoms with Crippen molar-refractivity contribution in [1.29, 1.82) is 0 Å². The first-order chi connectivity index (χ1) is 10.5. The van der Waals surface area contributed by atoms with Crippen LogP contribution in [0.15, 0.2) is 46.9 Å². The Bertz CT molecular complexity index is 815. The third-order valence-electron chi connectivity index (χ3n) is 4.63. The standard InChI is InChI=1S/C17H12BrNO3/c18-11-4-1-9(2-5-11)13-8-17(13)12-7-10(15(20)21)3-6-14(12)19-16(17)22/h1-7,13H,8H2,(H,19,22)(H,20,21)/t13-,17+/m1/s1. The van der Waals surface area contributed by atoms with Crippen LogP contribution in [-0.2, 0) is 10.2 Å². The van der Waals surface area contributed by atoms with Crippen molar-refractivity contribution in [3.05, 3.63) is 63.6 Å². The van der Waals surface area contributed by atoms with E-state index in [9.17, 15) is 14.7 Å². The zero-order valence-corrected chi connectivity index (χ0v) is 13.1. The van der Waals surface area contributed by atoms with Crippen molar-refractivity contribution in [3.8, 4) is 0 Å². The van der Waals surface area contributed by atoms with Crippen LogP contribution in [0.3, 0.4) is 0 Å². The molecule has 1 heterocycles. The van der Waals surface area contributed by atoms with Crippen LogP contribution in [0.25, 0.3) is 0 Å². The highest BCUT2D eigenvalue weighted by molar-refractivity contribution is 9.10. The van der Waals surface area contributed by atoms with Gasteiger partial charge in [-0.25, -0.2) is 4.79 Å². The number of nitrogens with one attached hydrogen (secondary N) is 1. The van der Waals surface area contributed by atoms with Gasteiger partial charge in [0.1, 0.15) is 0 Å². The van der Waals surface area contributed by atoms with Gasteiger partial charge in [-0.15, -0.1) is 0 Å². The first-order valence-electron chi connectivity index (χ1n) is 6.97. The molecule has 0 aromatic heterocycles. The largest absolute Gasteiger partial charge is 0.478 e. The number of aromatic carboxylic acids is 1. The van der Waals surface area contributed by atoms with Crippen LogP contribution in [0.1, 0.15) is 33.8 Å². The lowest BCUT2D eigenvalue weighted by Gasteiger charge is -2.09. The number of hydrogen-bond donors (Lipinski definition) is 2. The van der Waals surface area contributed by atoms with E-state index in [1.54, 1.807) is 12.1 Å². The molecule has 1 amide bonds. The van der Waals surface area contributed by atoms with Crippen molar-refractivity contribution in [2.24, 2.45) is 0 Å². The van der Waals surface area contributed by atoms with Gasteiger partial charge in [-0.3, -0.25) is 4.79 Å². The maximum Gasteiger partial charge on any atom is 0.335 e. The molecule has 1 saturated carbocycles. The molecule has 1 fully saturated rings. The van der Waals surface area contributed by atoms with E-state index in [0.717, 1.165) is 27.7 Å². The molecule has 2 aromatic carbocycles. The molecule has 0 bridgehead atoms. The molecule has 1 aliphatic heterocycles. The highest BCUT2D eigenvalue weighted by Gasteiger charge is 2.65. The van der Waals surface area contributed by atoms with Crippen molar-refractivity contribution >= 4 is 33.5 Å². The average Bonchev–Trinajstić information content (AvgIpc) is 3.18. The molecule has 2 aromatic rings. The number of hydrogen-bond acceptors (Lipinski definition) is 2. The fourth-order valence-corrected chi connectivity index (χ4v) is 3.68. The SMILES string of the molecule is O=C(O)c1ccc2c(c1)[C@]1(C[C@@H]1c1ccc(Br)cc1)C(=O)N2. The molecule has 4 nitrogen and oxygen atoms in total. The van der Waals surface area contributed by atoms with Gasteiger partial charge in [0, 0.05) is 16.1 Å². The molecular formula is C17H12BrNO3. The molecule has 2 aliphatic rings. The minimum absolute atomic E-state index is 0.0297. The number of halogens is 1. The highest BCUT2D eigenvalue weighted by Crippen LogP contribution is 2.65. The predicted octanol–water partition coefficient (Wildman–Crippen LogP) is 3.52. The topological polar surface area (TPSA) is 66.4 Å². The van der Waals surface area contributed by atoms with Gasteiger partial charge < -0.3 is 10.4 Å². The fraction of sp³-hybridized carbons (Fsp3) is 0.176. The lowest BCUT2D eigenvalue weighted by Crippen LogP contribution is -2.21. The fourth-order valence-electron chi connectivity index (χ4n) is 3.42. The van der Waals surface area contributed by atoms with E-state index in [0.29, 0.717) is 0 Å². The summed E-state index contributed by atoms with van der Waals surface area (Å²) in [5.74, 6) is -0.901. The van der Waals surface area contributed by atoms with E-state index >= 15 is 0 Å².